The third-order valence-electron chi connectivity index (χ3n) is 6.42. The molecule has 0 bridgehead atoms. The average molecular weight is 421 g/mol. The zero-order valence-electron chi connectivity index (χ0n) is 18.0. The monoisotopic (exact) mass is 420 g/mol. The van der Waals surface area contributed by atoms with Crippen LogP contribution in [-0.4, -0.2) is 60.3 Å². The standard InChI is InChI=1S/C24H28N4O3/c1-27-20(18-5-3-4-6-22(18)30-2)12-16-13-23(25-14-21(16)27)26-24(29)19-11-17(19)15-28-7-9-31-10-8-28/h3-6,12-14,17,19H,7-11,15H2,1-2H3,(H,25,26,29)/t17-,19-/m0/s1. The fourth-order valence-corrected chi connectivity index (χ4v) is 4.52. The van der Waals surface area contributed by atoms with Crippen LogP contribution in [0.2, 0.25) is 0 Å². The van der Waals surface area contributed by atoms with Crippen molar-refractivity contribution in [1.82, 2.24) is 14.5 Å². The van der Waals surface area contributed by atoms with E-state index >= 15 is 0 Å². The first-order chi connectivity index (χ1) is 15.1. The summed E-state index contributed by atoms with van der Waals surface area (Å²) in [6, 6.07) is 12.0. The van der Waals surface area contributed by atoms with Crippen LogP contribution in [0, 0.1) is 11.8 Å². The molecule has 3 heterocycles. The van der Waals surface area contributed by atoms with E-state index in [1.807, 2.05) is 43.6 Å². The lowest BCUT2D eigenvalue weighted by molar-refractivity contribution is -0.117. The number of para-hydroxylation sites is 1. The van der Waals surface area contributed by atoms with E-state index in [1.54, 1.807) is 7.11 Å². The van der Waals surface area contributed by atoms with Gasteiger partial charge in [-0.3, -0.25) is 9.69 Å². The smallest absolute Gasteiger partial charge is 0.228 e. The molecule has 162 valence electrons. The number of benzene rings is 1. The second-order valence-corrected chi connectivity index (χ2v) is 8.42. The van der Waals surface area contributed by atoms with Crippen LogP contribution in [0.4, 0.5) is 5.82 Å². The molecular formula is C24H28N4O3. The Bertz CT molecular complexity index is 1100. The van der Waals surface area contributed by atoms with Crippen LogP contribution in [0.5, 0.6) is 5.75 Å². The van der Waals surface area contributed by atoms with Gasteiger partial charge in [0.05, 0.1) is 37.7 Å². The quantitative estimate of drug-likeness (QED) is 0.664. The number of fused-ring (bicyclic) bond motifs is 1. The number of morpholine rings is 1. The number of aromatic nitrogens is 2. The molecule has 0 spiro atoms. The molecular weight excluding hydrogens is 392 g/mol. The normalized spacial score (nSPS) is 21.2. The number of nitrogens with one attached hydrogen (secondary N) is 1. The largest absolute Gasteiger partial charge is 0.496 e. The third kappa shape index (κ3) is 4.03. The Morgan fingerprint density at radius 1 is 1.26 bits per heavy atom. The maximum Gasteiger partial charge on any atom is 0.228 e. The van der Waals surface area contributed by atoms with Gasteiger partial charge < -0.3 is 19.4 Å². The highest BCUT2D eigenvalue weighted by molar-refractivity contribution is 5.96. The van der Waals surface area contributed by atoms with Gasteiger partial charge in [0, 0.05) is 43.5 Å². The highest BCUT2D eigenvalue weighted by Crippen LogP contribution is 2.40. The predicted molar refractivity (Wildman–Crippen MR) is 120 cm³/mol. The van der Waals surface area contributed by atoms with Gasteiger partial charge in [-0.2, -0.15) is 0 Å². The van der Waals surface area contributed by atoms with E-state index in [1.165, 1.54) is 0 Å². The molecule has 5 rings (SSSR count). The van der Waals surface area contributed by atoms with Crippen molar-refractivity contribution in [3.63, 3.8) is 0 Å². The molecule has 2 aliphatic rings. The third-order valence-corrected chi connectivity index (χ3v) is 6.42. The number of hydrogen-bond donors (Lipinski definition) is 1. The molecule has 0 unspecified atom stereocenters. The Morgan fingerprint density at radius 3 is 2.87 bits per heavy atom. The molecule has 1 saturated heterocycles. The molecule has 31 heavy (non-hydrogen) atoms. The van der Waals surface area contributed by atoms with E-state index in [0.717, 1.165) is 67.2 Å². The SMILES string of the molecule is COc1ccccc1-c1cc2cc(NC(=O)[C@H]3C[C@H]3CN3CCOCC3)ncc2n1C. The number of carbonyl (C=O) groups excluding carboxylic acids is 1. The number of anilines is 1. The molecule has 3 aromatic rings. The van der Waals surface area contributed by atoms with Crippen molar-refractivity contribution in [2.45, 2.75) is 6.42 Å². The first-order valence-corrected chi connectivity index (χ1v) is 10.8. The average Bonchev–Trinajstić information content (AvgIpc) is 3.49. The molecule has 2 aromatic heterocycles. The van der Waals surface area contributed by atoms with E-state index in [-0.39, 0.29) is 11.8 Å². The highest BCUT2D eigenvalue weighted by atomic mass is 16.5. The lowest BCUT2D eigenvalue weighted by Gasteiger charge is -2.26. The van der Waals surface area contributed by atoms with Gasteiger partial charge in [-0.25, -0.2) is 4.98 Å². The number of pyridine rings is 1. The van der Waals surface area contributed by atoms with E-state index in [0.29, 0.717) is 11.7 Å². The Kier molecular flexibility index (Phi) is 5.38. The molecule has 2 fully saturated rings. The van der Waals surface area contributed by atoms with Gasteiger partial charge >= 0.3 is 0 Å². The van der Waals surface area contributed by atoms with Gasteiger partial charge in [-0.15, -0.1) is 0 Å². The van der Waals surface area contributed by atoms with E-state index in [9.17, 15) is 4.79 Å². The van der Waals surface area contributed by atoms with Gasteiger partial charge in [0.2, 0.25) is 5.91 Å². The van der Waals surface area contributed by atoms with Crippen LogP contribution in [-0.2, 0) is 16.6 Å². The van der Waals surface area contributed by atoms with Crippen LogP contribution >= 0.6 is 0 Å². The number of methoxy groups -OCH3 is 1. The molecule has 7 nitrogen and oxygen atoms in total. The van der Waals surface area contributed by atoms with E-state index < -0.39 is 0 Å². The van der Waals surface area contributed by atoms with Crippen molar-refractivity contribution >= 4 is 22.6 Å². The zero-order valence-corrected chi connectivity index (χ0v) is 18.0. The number of nitrogens with zero attached hydrogens (tertiary/aromatic N) is 3. The number of hydrogen-bond acceptors (Lipinski definition) is 5. The summed E-state index contributed by atoms with van der Waals surface area (Å²) < 4.78 is 13.0. The fourth-order valence-electron chi connectivity index (χ4n) is 4.52. The van der Waals surface area contributed by atoms with Gasteiger partial charge in [0.1, 0.15) is 11.6 Å². The maximum atomic E-state index is 12.7. The topological polar surface area (TPSA) is 68.6 Å². The molecule has 1 saturated carbocycles. The Labute approximate surface area is 182 Å². The summed E-state index contributed by atoms with van der Waals surface area (Å²) in [6.07, 6.45) is 2.77. The minimum absolute atomic E-state index is 0.0750. The first-order valence-electron chi connectivity index (χ1n) is 10.8. The Hall–Kier alpha value is -2.90. The minimum atomic E-state index is 0.0750. The molecule has 1 aromatic carbocycles. The summed E-state index contributed by atoms with van der Waals surface area (Å²) in [6.45, 7) is 4.49. The highest BCUT2D eigenvalue weighted by Gasteiger charge is 2.43. The lowest BCUT2D eigenvalue weighted by Crippen LogP contribution is -2.38. The van der Waals surface area contributed by atoms with Crippen molar-refractivity contribution in [3.05, 3.63) is 42.6 Å². The van der Waals surface area contributed by atoms with Gasteiger partial charge in [0.25, 0.3) is 0 Å². The number of amides is 1. The summed E-state index contributed by atoms with van der Waals surface area (Å²) in [5, 5.41) is 4.06. The summed E-state index contributed by atoms with van der Waals surface area (Å²) in [7, 11) is 3.70. The fraction of sp³-hybridized carbons (Fsp3) is 0.417. The maximum absolute atomic E-state index is 12.7. The molecule has 2 atom stereocenters. The van der Waals surface area contributed by atoms with Gasteiger partial charge in [0.15, 0.2) is 0 Å². The number of ether oxygens (including phenoxy) is 2. The van der Waals surface area contributed by atoms with Crippen molar-refractivity contribution in [2.24, 2.45) is 18.9 Å². The van der Waals surface area contributed by atoms with Gasteiger partial charge in [-0.05, 0) is 36.6 Å². The van der Waals surface area contributed by atoms with Crippen LogP contribution in [0.25, 0.3) is 22.2 Å². The van der Waals surface area contributed by atoms with Gasteiger partial charge in [-0.1, -0.05) is 12.1 Å². The summed E-state index contributed by atoms with van der Waals surface area (Å²) in [5.74, 6) is 2.03. The summed E-state index contributed by atoms with van der Waals surface area (Å²) in [4.78, 5) is 19.6. The van der Waals surface area contributed by atoms with Crippen molar-refractivity contribution in [2.75, 3.05) is 45.3 Å². The summed E-state index contributed by atoms with van der Waals surface area (Å²) >= 11 is 0. The lowest BCUT2D eigenvalue weighted by atomic mass is 10.1. The second-order valence-electron chi connectivity index (χ2n) is 8.42. The summed E-state index contributed by atoms with van der Waals surface area (Å²) in [5.41, 5.74) is 3.08. The molecule has 7 heteroatoms. The van der Waals surface area contributed by atoms with Crippen LogP contribution < -0.4 is 10.1 Å². The van der Waals surface area contributed by atoms with Crippen LogP contribution in [0.15, 0.2) is 42.6 Å². The first kappa shape index (κ1) is 20.0. The molecule has 1 amide bonds. The Morgan fingerprint density at radius 2 is 2.06 bits per heavy atom. The van der Waals surface area contributed by atoms with E-state index in [2.05, 4.69) is 25.8 Å². The number of carbonyl (C=O) groups is 1. The van der Waals surface area contributed by atoms with Crippen molar-refractivity contribution in [1.29, 1.82) is 0 Å². The predicted octanol–water partition coefficient (Wildman–Crippen LogP) is 3.16. The van der Waals surface area contributed by atoms with Crippen molar-refractivity contribution < 1.29 is 14.3 Å². The zero-order chi connectivity index (χ0) is 21.4. The Balaban J connectivity index is 1.30. The molecule has 1 N–H and O–H groups in total. The second kappa shape index (κ2) is 8.32. The number of aryl methyl sites for hydroxylation is 1. The molecule has 1 aliphatic heterocycles. The van der Waals surface area contributed by atoms with E-state index in [4.69, 9.17) is 9.47 Å². The van der Waals surface area contributed by atoms with Crippen LogP contribution in [0.3, 0.4) is 0 Å². The minimum Gasteiger partial charge on any atom is -0.496 e. The van der Waals surface area contributed by atoms with Crippen LogP contribution in [0.1, 0.15) is 6.42 Å². The van der Waals surface area contributed by atoms with Crippen molar-refractivity contribution in [3.8, 4) is 17.0 Å². The number of rotatable bonds is 6. The molecule has 0 radical (unpaired) electrons. The molecule has 1 aliphatic carbocycles.